The van der Waals surface area contributed by atoms with Crippen LogP contribution in [0.2, 0.25) is 0 Å². The molecule has 0 aliphatic rings. The van der Waals surface area contributed by atoms with E-state index in [9.17, 15) is 9.59 Å². The zero-order valence-electron chi connectivity index (χ0n) is 16.2. The SMILES string of the molecule is O=C(CCCCCCCCCCCC(=O)OCC(O)CO)OCC(O)CO. The smallest absolute Gasteiger partial charge is 0.305 e. The molecule has 0 rings (SSSR count). The largest absolute Gasteiger partial charge is 0.463 e. The molecule has 0 spiro atoms. The number of aliphatic hydroxyl groups excluding tert-OH is 4. The maximum absolute atomic E-state index is 11.4. The Hall–Kier alpha value is -1.22. The van der Waals surface area contributed by atoms with Crippen molar-refractivity contribution < 1.29 is 39.5 Å². The molecule has 4 N–H and O–H groups in total. The highest BCUT2D eigenvalue weighted by molar-refractivity contribution is 5.69. The van der Waals surface area contributed by atoms with E-state index in [0.717, 1.165) is 57.8 Å². The van der Waals surface area contributed by atoms with Crippen molar-refractivity contribution in [3.8, 4) is 0 Å². The van der Waals surface area contributed by atoms with Gasteiger partial charge in [-0.05, 0) is 12.8 Å². The minimum atomic E-state index is -1.00. The summed E-state index contributed by atoms with van der Waals surface area (Å²) in [6.07, 6.45) is 7.59. The molecule has 0 heterocycles. The Morgan fingerprint density at radius 1 is 0.593 bits per heavy atom. The van der Waals surface area contributed by atoms with Crippen LogP contribution in [0.3, 0.4) is 0 Å². The van der Waals surface area contributed by atoms with Gasteiger partial charge in [-0.25, -0.2) is 0 Å². The summed E-state index contributed by atoms with van der Waals surface area (Å²) in [7, 11) is 0. The average Bonchev–Trinajstić information content (AvgIpc) is 2.68. The Bertz CT molecular complexity index is 341. The lowest BCUT2D eigenvalue weighted by molar-refractivity contribution is -0.148. The zero-order chi connectivity index (χ0) is 20.3. The molecule has 2 unspecified atom stereocenters. The molecule has 0 aromatic carbocycles. The number of carbonyl (C=O) groups excluding carboxylic acids is 2. The predicted octanol–water partition coefficient (Wildman–Crippen LogP) is 1.07. The molecule has 0 aromatic heterocycles. The lowest BCUT2D eigenvalue weighted by Crippen LogP contribution is -2.21. The lowest BCUT2D eigenvalue weighted by Gasteiger charge is -2.08. The first kappa shape index (κ1) is 25.8. The van der Waals surface area contributed by atoms with E-state index in [1.807, 2.05) is 0 Å². The number of aliphatic hydroxyl groups is 4. The van der Waals surface area contributed by atoms with Crippen molar-refractivity contribution in [3.05, 3.63) is 0 Å². The number of unbranched alkanes of at least 4 members (excludes halogenated alkanes) is 8. The number of esters is 2. The topological polar surface area (TPSA) is 134 Å². The van der Waals surface area contributed by atoms with Gasteiger partial charge in [-0.2, -0.15) is 0 Å². The summed E-state index contributed by atoms with van der Waals surface area (Å²) < 4.78 is 9.64. The second-order valence-corrected chi connectivity index (χ2v) is 6.72. The van der Waals surface area contributed by atoms with E-state index in [1.54, 1.807) is 0 Å². The van der Waals surface area contributed by atoms with E-state index in [4.69, 9.17) is 29.9 Å². The lowest BCUT2D eigenvalue weighted by atomic mass is 10.1. The molecule has 8 heteroatoms. The first-order valence-corrected chi connectivity index (χ1v) is 9.88. The van der Waals surface area contributed by atoms with Crippen LogP contribution < -0.4 is 0 Å². The van der Waals surface area contributed by atoms with Crippen molar-refractivity contribution in [3.63, 3.8) is 0 Å². The molecule has 27 heavy (non-hydrogen) atoms. The minimum Gasteiger partial charge on any atom is -0.463 e. The number of ether oxygens (including phenoxy) is 2. The van der Waals surface area contributed by atoms with E-state index in [1.165, 1.54) is 0 Å². The number of carbonyl (C=O) groups is 2. The molecule has 0 aromatic rings. The van der Waals surface area contributed by atoms with Crippen LogP contribution in [0.25, 0.3) is 0 Å². The van der Waals surface area contributed by atoms with Crippen molar-refractivity contribution in [1.82, 2.24) is 0 Å². The minimum absolute atomic E-state index is 0.155. The van der Waals surface area contributed by atoms with Gasteiger partial charge in [0.15, 0.2) is 0 Å². The van der Waals surface area contributed by atoms with Gasteiger partial charge in [0, 0.05) is 12.8 Å². The Labute approximate surface area is 161 Å². The molecule has 8 nitrogen and oxygen atoms in total. The van der Waals surface area contributed by atoms with Crippen LogP contribution >= 0.6 is 0 Å². The van der Waals surface area contributed by atoms with Gasteiger partial charge in [0.05, 0.1) is 13.2 Å². The normalized spacial score (nSPS) is 13.2. The van der Waals surface area contributed by atoms with Crippen LogP contribution in [-0.4, -0.2) is 71.0 Å². The zero-order valence-corrected chi connectivity index (χ0v) is 16.2. The summed E-state index contributed by atoms with van der Waals surface area (Å²) >= 11 is 0. The van der Waals surface area contributed by atoms with Crippen LogP contribution in [0, 0.1) is 0 Å². The third-order valence-corrected chi connectivity index (χ3v) is 4.06. The summed E-state index contributed by atoms with van der Waals surface area (Å²) in [6, 6.07) is 0. The summed E-state index contributed by atoms with van der Waals surface area (Å²) in [4.78, 5) is 22.7. The van der Waals surface area contributed by atoms with Crippen molar-refractivity contribution in [1.29, 1.82) is 0 Å². The summed E-state index contributed by atoms with van der Waals surface area (Å²) in [5.74, 6) is -0.682. The average molecular weight is 392 g/mol. The van der Waals surface area contributed by atoms with Gasteiger partial charge in [-0.3, -0.25) is 9.59 Å². The van der Waals surface area contributed by atoms with Gasteiger partial charge in [-0.15, -0.1) is 0 Å². The quantitative estimate of drug-likeness (QED) is 0.201. The Morgan fingerprint density at radius 2 is 0.889 bits per heavy atom. The first-order valence-electron chi connectivity index (χ1n) is 9.88. The standard InChI is InChI=1S/C19H36O8/c20-12-16(22)14-26-18(24)10-8-6-4-2-1-3-5-7-9-11-19(25)27-15-17(23)13-21/h16-17,20-23H,1-15H2. The fourth-order valence-electron chi connectivity index (χ4n) is 2.40. The molecule has 160 valence electrons. The third kappa shape index (κ3) is 17.9. The van der Waals surface area contributed by atoms with E-state index in [-0.39, 0.29) is 25.2 Å². The van der Waals surface area contributed by atoms with E-state index in [2.05, 4.69) is 0 Å². The van der Waals surface area contributed by atoms with Gasteiger partial charge in [0.1, 0.15) is 25.4 Å². The second kappa shape index (κ2) is 18.2. The molecule has 0 fully saturated rings. The Kier molecular flexibility index (Phi) is 17.3. The molecule has 0 saturated carbocycles. The summed E-state index contributed by atoms with van der Waals surface area (Å²) in [6.45, 7) is -1.13. The Morgan fingerprint density at radius 3 is 1.19 bits per heavy atom. The van der Waals surface area contributed by atoms with Crippen LogP contribution in [0.1, 0.15) is 70.6 Å². The van der Waals surface area contributed by atoms with Crippen molar-refractivity contribution in [2.24, 2.45) is 0 Å². The van der Waals surface area contributed by atoms with E-state index in [0.29, 0.717) is 12.8 Å². The van der Waals surface area contributed by atoms with Crippen LogP contribution in [-0.2, 0) is 19.1 Å². The van der Waals surface area contributed by atoms with Crippen LogP contribution in [0.15, 0.2) is 0 Å². The highest BCUT2D eigenvalue weighted by Gasteiger charge is 2.08. The first-order chi connectivity index (χ1) is 13.0. The highest BCUT2D eigenvalue weighted by Crippen LogP contribution is 2.12. The second-order valence-electron chi connectivity index (χ2n) is 6.72. The molecule has 0 aliphatic heterocycles. The van der Waals surface area contributed by atoms with Gasteiger partial charge in [0.25, 0.3) is 0 Å². The highest BCUT2D eigenvalue weighted by atomic mass is 16.5. The Balaban J connectivity index is 3.29. The maximum Gasteiger partial charge on any atom is 0.305 e. The molecule has 0 saturated heterocycles. The molecule has 0 bridgehead atoms. The molecule has 0 radical (unpaired) electrons. The van der Waals surface area contributed by atoms with Gasteiger partial charge < -0.3 is 29.9 Å². The van der Waals surface area contributed by atoms with Gasteiger partial charge >= 0.3 is 11.9 Å². The summed E-state index contributed by atoms with van der Waals surface area (Å²) in [5, 5.41) is 35.3. The van der Waals surface area contributed by atoms with Crippen LogP contribution in [0.5, 0.6) is 0 Å². The number of rotatable bonds is 18. The molecular formula is C19H36O8. The molecule has 0 aliphatic carbocycles. The van der Waals surface area contributed by atoms with Gasteiger partial charge in [-0.1, -0.05) is 44.9 Å². The van der Waals surface area contributed by atoms with E-state index < -0.39 is 25.4 Å². The molecule has 0 amide bonds. The maximum atomic E-state index is 11.4. The fourth-order valence-corrected chi connectivity index (χ4v) is 2.40. The van der Waals surface area contributed by atoms with Crippen LogP contribution in [0.4, 0.5) is 0 Å². The third-order valence-electron chi connectivity index (χ3n) is 4.06. The molecular weight excluding hydrogens is 356 g/mol. The van der Waals surface area contributed by atoms with Crippen molar-refractivity contribution >= 4 is 11.9 Å². The number of hydrogen-bond donors (Lipinski definition) is 4. The summed E-state index contributed by atoms with van der Waals surface area (Å²) in [5.41, 5.74) is 0. The fraction of sp³-hybridized carbons (Fsp3) is 0.895. The molecule has 2 atom stereocenters. The predicted molar refractivity (Wildman–Crippen MR) is 98.9 cm³/mol. The van der Waals surface area contributed by atoms with E-state index >= 15 is 0 Å². The van der Waals surface area contributed by atoms with Crippen molar-refractivity contribution in [2.75, 3.05) is 26.4 Å². The van der Waals surface area contributed by atoms with Gasteiger partial charge in [0.2, 0.25) is 0 Å². The number of hydrogen-bond acceptors (Lipinski definition) is 8. The monoisotopic (exact) mass is 392 g/mol. The van der Waals surface area contributed by atoms with Crippen molar-refractivity contribution in [2.45, 2.75) is 82.8 Å².